The number of carbonyl (C=O) groups excluding carboxylic acids is 1. The van der Waals surface area contributed by atoms with Gasteiger partial charge in [0.15, 0.2) is 0 Å². The minimum Gasteiger partial charge on any atom is -0.378 e. The molecule has 2 aliphatic rings. The first-order valence-corrected chi connectivity index (χ1v) is 7.93. The van der Waals surface area contributed by atoms with Crippen LogP contribution in [-0.4, -0.2) is 60.2 Å². The molecule has 8 heteroatoms. The molecule has 2 N–H and O–H groups in total. The van der Waals surface area contributed by atoms with Crippen LogP contribution in [0.1, 0.15) is 12.8 Å². The standard InChI is InChI=1S/C14H20ClN5O2/c15-11-8-12(18-14(16)17-11)20-3-1-2-10(9-20)13(21)19-4-6-22-7-5-19/h8,10H,1-7,9H2,(H2,16,17,18). The van der Waals surface area contributed by atoms with Crippen molar-refractivity contribution in [2.24, 2.45) is 5.92 Å². The molecule has 1 aromatic heterocycles. The van der Waals surface area contributed by atoms with Gasteiger partial charge in [0, 0.05) is 32.2 Å². The van der Waals surface area contributed by atoms with Crippen LogP contribution in [0.15, 0.2) is 6.07 Å². The maximum atomic E-state index is 12.6. The lowest BCUT2D eigenvalue weighted by molar-refractivity contribution is -0.139. The molecule has 0 radical (unpaired) electrons. The Bertz CT molecular complexity index is 530. The highest BCUT2D eigenvalue weighted by atomic mass is 35.5. The van der Waals surface area contributed by atoms with E-state index in [1.807, 2.05) is 4.90 Å². The van der Waals surface area contributed by atoms with Crippen molar-refractivity contribution in [2.45, 2.75) is 12.8 Å². The summed E-state index contributed by atoms with van der Waals surface area (Å²) in [5.41, 5.74) is 5.66. The van der Waals surface area contributed by atoms with Gasteiger partial charge in [-0.05, 0) is 12.8 Å². The van der Waals surface area contributed by atoms with Gasteiger partial charge >= 0.3 is 0 Å². The number of hydrogen-bond acceptors (Lipinski definition) is 6. The molecule has 3 rings (SSSR count). The van der Waals surface area contributed by atoms with E-state index in [2.05, 4.69) is 14.9 Å². The highest BCUT2D eigenvalue weighted by molar-refractivity contribution is 6.29. The van der Waals surface area contributed by atoms with Crippen LogP contribution in [0, 0.1) is 5.92 Å². The number of hydrogen-bond donors (Lipinski definition) is 1. The molecule has 1 atom stereocenters. The maximum Gasteiger partial charge on any atom is 0.227 e. The van der Waals surface area contributed by atoms with E-state index in [1.54, 1.807) is 6.07 Å². The van der Waals surface area contributed by atoms with Gasteiger partial charge in [-0.3, -0.25) is 4.79 Å². The number of nitrogen functional groups attached to an aromatic ring is 1. The topological polar surface area (TPSA) is 84.6 Å². The Morgan fingerprint density at radius 1 is 1.32 bits per heavy atom. The van der Waals surface area contributed by atoms with Gasteiger partial charge in [-0.2, -0.15) is 4.98 Å². The van der Waals surface area contributed by atoms with Crippen LogP contribution in [0.4, 0.5) is 11.8 Å². The third-order valence-corrected chi connectivity index (χ3v) is 4.31. The lowest BCUT2D eigenvalue weighted by Gasteiger charge is -2.36. The van der Waals surface area contributed by atoms with Crippen molar-refractivity contribution >= 4 is 29.3 Å². The summed E-state index contributed by atoms with van der Waals surface area (Å²) in [5, 5.41) is 0.323. The summed E-state index contributed by atoms with van der Waals surface area (Å²) < 4.78 is 5.30. The monoisotopic (exact) mass is 325 g/mol. The summed E-state index contributed by atoms with van der Waals surface area (Å²) in [5.74, 6) is 1.05. The SMILES string of the molecule is Nc1nc(Cl)cc(N2CCCC(C(=O)N3CCOCC3)C2)n1. The van der Waals surface area contributed by atoms with Gasteiger partial charge in [-0.15, -0.1) is 0 Å². The fourth-order valence-electron chi connectivity index (χ4n) is 3.01. The van der Waals surface area contributed by atoms with E-state index >= 15 is 0 Å². The zero-order valence-corrected chi connectivity index (χ0v) is 13.1. The van der Waals surface area contributed by atoms with Gasteiger partial charge in [0.25, 0.3) is 0 Å². The van der Waals surface area contributed by atoms with Crippen molar-refractivity contribution in [1.29, 1.82) is 0 Å². The zero-order chi connectivity index (χ0) is 15.5. The molecule has 0 aliphatic carbocycles. The average molecular weight is 326 g/mol. The fraction of sp³-hybridized carbons (Fsp3) is 0.643. The number of rotatable bonds is 2. The number of morpholine rings is 1. The van der Waals surface area contributed by atoms with Crippen molar-refractivity contribution < 1.29 is 9.53 Å². The molecule has 22 heavy (non-hydrogen) atoms. The Hall–Kier alpha value is -1.60. The molecule has 120 valence electrons. The maximum absolute atomic E-state index is 12.6. The first-order valence-electron chi connectivity index (χ1n) is 7.55. The third-order valence-electron chi connectivity index (χ3n) is 4.12. The molecule has 0 aromatic carbocycles. The number of nitrogens with two attached hydrogens (primary N) is 1. The summed E-state index contributed by atoms with van der Waals surface area (Å²) in [6.45, 7) is 4.10. The van der Waals surface area contributed by atoms with Crippen molar-refractivity contribution in [3.63, 3.8) is 0 Å². The van der Waals surface area contributed by atoms with Gasteiger partial charge in [-0.25, -0.2) is 4.98 Å². The molecule has 1 unspecified atom stereocenters. The van der Waals surface area contributed by atoms with E-state index < -0.39 is 0 Å². The lowest BCUT2D eigenvalue weighted by atomic mass is 9.96. The molecular formula is C14H20ClN5O2. The molecule has 1 aromatic rings. The first-order chi connectivity index (χ1) is 10.6. The van der Waals surface area contributed by atoms with Crippen LogP contribution >= 0.6 is 11.6 Å². The van der Waals surface area contributed by atoms with E-state index in [-0.39, 0.29) is 17.8 Å². The number of carbonyl (C=O) groups is 1. The molecule has 3 heterocycles. The van der Waals surface area contributed by atoms with Crippen LogP contribution < -0.4 is 10.6 Å². The summed E-state index contributed by atoms with van der Waals surface area (Å²) in [7, 11) is 0. The van der Waals surface area contributed by atoms with Crippen molar-refractivity contribution in [3.8, 4) is 0 Å². The second kappa shape index (κ2) is 6.66. The van der Waals surface area contributed by atoms with Crippen LogP contribution in [-0.2, 0) is 9.53 Å². The Kier molecular flexibility index (Phi) is 4.63. The van der Waals surface area contributed by atoms with Crippen LogP contribution in [0.2, 0.25) is 5.15 Å². The van der Waals surface area contributed by atoms with E-state index in [0.717, 1.165) is 19.4 Å². The van der Waals surface area contributed by atoms with Gasteiger partial charge in [0.2, 0.25) is 11.9 Å². The van der Waals surface area contributed by atoms with E-state index in [9.17, 15) is 4.79 Å². The smallest absolute Gasteiger partial charge is 0.227 e. The minimum atomic E-state index is -0.0122. The van der Waals surface area contributed by atoms with Gasteiger partial charge in [0.05, 0.1) is 19.1 Å². The van der Waals surface area contributed by atoms with Crippen molar-refractivity contribution in [3.05, 3.63) is 11.2 Å². The van der Waals surface area contributed by atoms with E-state index in [0.29, 0.717) is 43.8 Å². The molecule has 0 saturated carbocycles. The number of piperidine rings is 1. The molecule has 2 fully saturated rings. The first kappa shape index (κ1) is 15.3. The molecule has 2 saturated heterocycles. The number of aromatic nitrogens is 2. The Morgan fingerprint density at radius 3 is 2.82 bits per heavy atom. The van der Waals surface area contributed by atoms with Gasteiger partial charge < -0.3 is 20.3 Å². The van der Waals surface area contributed by atoms with Crippen molar-refractivity contribution in [1.82, 2.24) is 14.9 Å². The van der Waals surface area contributed by atoms with Crippen molar-refractivity contribution in [2.75, 3.05) is 50.0 Å². The lowest BCUT2D eigenvalue weighted by Crippen LogP contribution is -2.48. The molecule has 0 spiro atoms. The average Bonchev–Trinajstić information content (AvgIpc) is 2.54. The summed E-state index contributed by atoms with van der Waals surface area (Å²) in [6, 6.07) is 1.69. The number of ether oxygens (including phenoxy) is 1. The summed E-state index contributed by atoms with van der Waals surface area (Å²) in [4.78, 5) is 24.7. The third kappa shape index (κ3) is 3.41. The van der Waals surface area contributed by atoms with E-state index in [4.69, 9.17) is 22.1 Å². The number of halogens is 1. The normalized spacial score (nSPS) is 22.7. The van der Waals surface area contributed by atoms with Gasteiger partial charge in [-0.1, -0.05) is 11.6 Å². The van der Waals surface area contributed by atoms with Crippen LogP contribution in [0.25, 0.3) is 0 Å². The Balaban J connectivity index is 1.69. The number of anilines is 2. The predicted octanol–water partition coefficient (Wildman–Crippen LogP) is 0.787. The fourth-order valence-corrected chi connectivity index (χ4v) is 3.20. The summed E-state index contributed by atoms with van der Waals surface area (Å²) >= 11 is 5.94. The number of amides is 1. The predicted molar refractivity (Wildman–Crippen MR) is 83.8 cm³/mol. The highest BCUT2D eigenvalue weighted by Crippen LogP contribution is 2.25. The quantitative estimate of drug-likeness (QED) is 0.809. The molecule has 7 nitrogen and oxygen atoms in total. The minimum absolute atomic E-state index is 0.0122. The molecular weight excluding hydrogens is 306 g/mol. The molecule has 1 amide bonds. The Labute approximate surface area is 134 Å². The summed E-state index contributed by atoms with van der Waals surface area (Å²) in [6.07, 6.45) is 1.85. The Morgan fingerprint density at radius 2 is 2.09 bits per heavy atom. The second-order valence-electron chi connectivity index (χ2n) is 5.63. The van der Waals surface area contributed by atoms with E-state index in [1.165, 1.54) is 0 Å². The molecule has 0 bridgehead atoms. The highest BCUT2D eigenvalue weighted by Gasteiger charge is 2.30. The second-order valence-corrected chi connectivity index (χ2v) is 6.02. The van der Waals surface area contributed by atoms with Crippen LogP contribution in [0.3, 0.4) is 0 Å². The molecule has 2 aliphatic heterocycles. The largest absolute Gasteiger partial charge is 0.378 e. The van der Waals surface area contributed by atoms with Crippen LogP contribution in [0.5, 0.6) is 0 Å². The number of nitrogens with zero attached hydrogens (tertiary/aromatic N) is 4. The zero-order valence-electron chi connectivity index (χ0n) is 12.4. The van der Waals surface area contributed by atoms with Gasteiger partial charge in [0.1, 0.15) is 11.0 Å².